The van der Waals surface area contributed by atoms with Gasteiger partial charge < -0.3 is 14.6 Å². The van der Waals surface area contributed by atoms with Crippen molar-refractivity contribution in [3.63, 3.8) is 0 Å². The number of esters is 1. The van der Waals surface area contributed by atoms with E-state index >= 15 is 0 Å². The van der Waals surface area contributed by atoms with Crippen LogP contribution in [0.1, 0.15) is 51.4 Å². The van der Waals surface area contributed by atoms with E-state index in [1.54, 1.807) is 49.4 Å². The molecule has 8 nitrogen and oxygen atoms in total. The van der Waals surface area contributed by atoms with Gasteiger partial charge in [-0.1, -0.05) is 42.0 Å². The first kappa shape index (κ1) is 26.4. The van der Waals surface area contributed by atoms with Crippen molar-refractivity contribution in [1.29, 1.82) is 0 Å². The number of aryl methyl sites for hydroxylation is 2. The van der Waals surface area contributed by atoms with Gasteiger partial charge in [-0.2, -0.15) is 0 Å². The van der Waals surface area contributed by atoms with Crippen LogP contribution in [0, 0.1) is 13.8 Å². The van der Waals surface area contributed by atoms with Crippen molar-refractivity contribution in [2.45, 2.75) is 33.2 Å². The predicted octanol–water partition coefficient (Wildman–Crippen LogP) is 5.62. The summed E-state index contributed by atoms with van der Waals surface area (Å²) in [5, 5.41) is 12.0. The largest absolute Gasteiger partial charge is 0.507 e. The molecule has 37 heavy (non-hydrogen) atoms. The Morgan fingerprint density at radius 2 is 1.86 bits per heavy atom. The number of aliphatic hydroxyl groups is 1. The molecule has 0 spiro atoms. The Morgan fingerprint density at radius 1 is 1.16 bits per heavy atom. The Bertz CT molecular complexity index is 1410. The highest BCUT2D eigenvalue weighted by Crippen LogP contribution is 2.44. The lowest BCUT2D eigenvalue weighted by Crippen LogP contribution is -2.29. The van der Waals surface area contributed by atoms with Gasteiger partial charge >= 0.3 is 11.9 Å². The fourth-order valence-electron chi connectivity index (χ4n) is 4.08. The molecule has 1 N–H and O–H groups in total. The molecule has 2 heterocycles. The van der Waals surface area contributed by atoms with Crippen LogP contribution in [0.25, 0.3) is 5.76 Å². The number of methoxy groups -OCH3 is 1. The molecule has 0 bridgehead atoms. The summed E-state index contributed by atoms with van der Waals surface area (Å²) in [6.07, 6.45) is 0.847. The molecule has 1 fully saturated rings. The number of rotatable bonds is 7. The van der Waals surface area contributed by atoms with Crippen molar-refractivity contribution in [2.75, 3.05) is 18.6 Å². The van der Waals surface area contributed by atoms with Gasteiger partial charge in [0.05, 0.1) is 31.0 Å². The molecule has 3 aromatic rings. The first-order valence-electron chi connectivity index (χ1n) is 11.5. The summed E-state index contributed by atoms with van der Waals surface area (Å²) in [7, 11) is 1.25. The van der Waals surface area contributed by atoms with Crippen LogP contribution in [0.2, 0.25) is 5.02 Å². The molecule has 1 unspecified atom stereocenters. The number of halogens is 1. The number of anilines is 1. The van der Waals surface area contributed by atoms with Crippen molar-refractivity contribution < 1.29 is 29.0 Å². The number of nitrogens with zero attached hydrogens (tertiary/aromatic N) is 2. The maximum atomic E-state index is 13.4. The number of benzene rings is 2. The summed E-state index contributed by atoms with van der Waals surface area (Å²) in [5.74, 6) is -1.99. The zero-order valence-corrected chi connectivity index (χ0v) is 22.3. The monoisotopic (exact) mass is 540 g/mol. The van der Waals surface area contributed by atoms with Crippen molar-refractivity contribution in [3.05, 3.63) is 80.3 Å². The summed E-state index contributed by atoms with van der Waals surface area (Å²) in [4.78, 5) is 44.7. The van der Waals surface area contributed by atoms with Crippen LogP contribution in [-0.4, -0.2) is 41.5 Å². The molecule has 1 aliphatic rings. The number of hydrogen-bond acceptors (Lipinski definition) is 8. The van der Waals surface area contributed by atoms with Gasteiger partial charge in [0.1, 0.15) is 16.4 Å². The molecule has 0 saturated carbocycles. The van der Waals surface area contributed by atoms with E-state index in [0.29, 0.717) is 34.2 Å². The van der Waals surface area contributed by atoms with Gasteiger partial charge in [-0.25, -0.2) is 9.78 Å². The third-order valence-electron chi connectivity index (χ3n) is 5.90. The van der Waals surface area contributed by atoms with Crippen molar-refractivity contribution in [1.82, 2.24) is 4.98 Å². The zero-order valence-electron chi connectivity index (χ0n) is 20.7. The Balaban J connectivity index is 1.88. The maximum Gasteiger partial charge on any atom is 0.350 e. The molecule has 0 radical (unpaired) electrons. The highest BCUT2D eigenvalue weighted by molar-refractivity contribution is 7.17. The molecule has 10 heteroatoms. The SMILES string of the molecule is CCCOc1ccc(/C(O)=C2\C(=O)C(=O)N(c3nc(C)c(C(=O)OC)s3)C2c2ccc(Cl)cc2)cc1C. The number of ketones is 1. The highest BCUT2D eigenvalue weighted by Gasteiger charge is 2.48. The number of carbonyl (C=O) groups is 3. The second-order valence-electron chi connectivity index (χ2n) is 8.45. The predicted molar refractivity (Wildman–Crippen MR) is 141 cm³/mol. The molecule has 4 rings (SSSR count). The van der Waals surface area contributed by atoms with E-state index in [2.05, 4.69) is 4.98 Å². The van der Waals surface area contributed by atoms with Crippen LogP contribution >= 0.6 is 22.9 Å². The first-order chi connectivity index (χ1) is 17.7. The van der Waals surface area contributed by atoms with Gasteiger partial charge in [0, 0.05) is 10.6 Å². The molecule has 1 amide bonds. The number of ether oxygens (including phenoxy) is 2. The number of hydrogen-bond donors (Lipinski definition) is 1. The molecule has 192 valence electrons. The second kappa shape index (κ2) is 10.7. The quantitative estimate of drug-likeness (QED) is 0.179. The van der Waals surface area contributed by atoms with E-state index in [1.165, 1.54) is 12.0 Å². The van der Waals surface area contributed by atoms with Crippen LogP contribution in [0.3, 0.4) is 0 Å². The minimum atomic E-state index is -0.996. The number of carbonyl (C=O) groups excluding carboxylic acids is 3. The lowest BCUT2D eigenvalue weighted by atomic mass is 9.95. The fraction of sp³-hybridized carbons (Fsp3) is 0.259. The van der Waals surface area contributed by atoms with Crippen molar-refractivity contribution in [3.8, 4) is 5.75 Å². The minimum Gasteiger partial charge on any atom is -0.507 e. The number of aromatic nitrogens is 1. The lowest BCUT2D eigenvalue weighted by molar-refractivity contribution is -0.132. The maximum absolute atomic E-state index is 13.4. The van der Waals surface area contributed by atoms with Crippen LogP contribution in [0.15, 0.2) is 48.0 Å². The summed E-state index contributed by atoms with van der Waals surface area (Å²) in [6, 6.07) is 10.7. The van der Waals surface area contributed by atoms with Gasteiger partial charge in [0.15, 0.2) is 5.13 Å². The van der Waals surface area contributed by atoms with Gasteiger partial charge in [-0.15, -0.1) is 0 Å². The van der Waals surface area contributed by atoms with Gasteiger partial charge in [-0.3, -0.25) is 14.5 Å². The molecule has 0 aliphatic carbocycles. The molecule has 1 aliphatic heterocycles. The third kappa shape index (κ3) is 4.97. The average molecular weight is 541 g/mol. The molecule has 2 aromatic carbocycles. The Labute approximate surface area is 223 Å². The lowest BCUT2D eigenvalue weighted by Gasteiger charge is -2.23. The van der Waals surface area contributed by atoms with Gasteiger partial charge in [0.2, 0.25) is 0 Å². The topological polar surface area (TPSA) is 106 Å². The van der Waals surface area contributed by atoms with Crippen LogP contribution in [-0.2, 0) is 14.3 Å². The van der Waals surface area contributed by atoms with Crippen molar-refractivity contribution >= 4 is 51.5 Å². The standard InChI is InChI=1S/C27H25ClN2O6S/c1-5-12-36-19-11-8-17(13-14(19)2)22(31)20-21(16-6-9-18(28)10-7-16)30(25(33)23(20)32)27-29-15(3)24(37-27)26(34)35-4/h6-11,13,21,31H,5,12H2,1-4H3/b22-20+. The fourth-order valence-corrected chi connectivity index (χ4v) is 5.22. The zero-order chi connectivity index (χ0) is 26.9. The van der Waals surface area contributed by atoms with Crippen LogP contribution < -0.4 is 9.64 Å². The molecular formula is C27H25ClN2O6S. The van der Waals surface area contributed by atoms with Gasteiger partial charge in [-0.05, 0) is 61.7 Å². The number of amides is 1. The van der Waals surface area contributed by atoms with Crippen LogP contribution in [0.5, 0.6) is 5.75 Å². The smallest absolute Gasteiger partial charge is 0.350 e. The summed E-state index contributed by atoms with van der Waals surface area (Å²) >= 11 is 7.02. The summed E-state index contributed by atoms with van der Waals surface area (Å²) in [5.41, 5.74) is 1.94. The minimum absolute atomic E-state index is 0.0959. The molecule has 1 saturated heterocycles. The normalized spacial score (nSPS) is 16.8. The summed E-state index contributed by atoms with van der Waals surface area (Å²) in [6.45, 7) is 6.01. The first-order valence-corrected chi connectivity index (χ1v) is 12.7. The van der Waals surface area contributed by atoms with Crippen molar-refractivity contribution in [2.24, 2.45) is 0 Å². The van der Waals surface area contributed by atoms with E-state index in [1.807, 2.05) is 13.8 Å². The molecule has 1 aromatic heterocycles. The molecular weight excluding hydrogens is 516 g/mol. The number of thiazole rings is 1. The second-order valence-corrected chi connectivity index (χ2v) is 9.87. The van der Waals surface area contributed by atoms with Crippen LogP contribution in [0.4, 0.5) is 5.13 Å². The number of aliphatic hydroxyl groups excluding tert-OH is 1. The van der Waals surface area contributed by atoms with E-state index in [-0.39, 0.29) is 21.3 Å². The molecule has 1 atom stereocenters. The Hall–Kier alpha value is -3.69. The van der Waals surface area contributed by atoms with E-state index in [0.717, 1.165) is 23.3 Å². The van der Waals surface area contributed by atoms with E-state index in [9.17, 15) is 19.5 Å². The van der Waals surface area contributed by atoms with E-state index < -0.39 is 23.7 Å². The van der Waals surface area contributed by atoms with E-state index in [4.69, 9.17) is 21.1 Å². The Morgan fingerprint density at radius 3 is 2.49 bits per heavy atom. The van der Waals surface area contributed by atoms with Gasteiger partial charge in [0.25, 0.3) is 5.78 Å². The third-order valence-corrected chi connectivity index (χ3v) is 7.29. The number of Topliss-reactive ketones (excluding diaryl/α,β-unsaturated/α-hetero) is 1. The average Bonchev–Trinajstić information content (AvgIpc) is 3.39. The Kier molecular flexibility index (Phi) is 7.65. The summed E-state index contributed by atoms with van der Waals surface area (Å²) < 4.78 is 10.5. The highest BCUT2D eigenvalue weighted by atomic mass is 35.5.